The molecule has 1 aromatic carbocycles. The molecular formula is C12H18O5S. The molecule has 0 aromatic heterocycles. The van der Waals surface area contributed by atoms with Crippen molar-refractivity contribution in [2.45, 2.75) is 12.7 Å². The molecule has 0 saturated carbocycles. The lowest BCUT2D eigenvalue weighted by Crippen LogP contribution is -2.28. The van der Waals surface area contributed by atoms with Gasteiger partial charge in [-0.05, 0) is 5.56 Å². The molecule has 0 amide bonds. The maximum Gasteiger partial charge on any atom is 0.155 e. The molecule has 102 valence electrons. The lowest BCUT2D eigenvalue weighted by molar-refractivity contribution is 0.0390. The van der Waals surface area contributed by atoms with Gasteiger partial charge in [0.2, 0.25) is 0 Å². The Morgan fingerprint density at radius 2 is 1.89 bits per heavy atom. The number of aliphatic hydroxyl groups excluding tert-OH is 2. The van der Waals surface area contributed by atoms with Crippen LogP contribution in [0.15, 0.2) is 30.3 Å². The summed E-state index contributed by atoms with van der Waals surface area (Å²) < 4.78 is 27.8. The lowest BCUT2D eigenvalue weighted by atomic mass is 10.2. The number of hydrogen-bond acceptors (Lipinski definition) is 5. The minimum Gasteiger partial charge on any atom is -0.395 e. The Balaban J connectivity index is 2.27. The highest BCUT2D eigenvalue weighted by Crippen LogP contribution is 2.02. The van der Waals surface area contributed by atoms with Gasteiger partial charge < -0.3 is 14.9 Å². The molecule has 0 radical (unpaired) electrons. The van der Waals surface area contributed by atoms with E-state index in [4.69, 9.17) is 9.84 Å². The van der Waals surface area contributed by atoms with Gasteiger partial charge in [0.15, 0.2) is 9.84 Å². The zero-order valence-electron chi connectivity index (χ0n) is 10.0. The van der Waals surface area contributed by atoms with Crippen LogP contribution in [-0.4, -0.2) is 49.5 Å². The number of benzene rings is 1. The van der Waals surface area contributed by atoms with Gasteiger partial charge in [-0.25, -0.2) is 8.42 Å². The van der Waals surface area contributed by atoms with Crippen LogP contribution in [-0.2, 0) is 21.2 Å². The molecule has 0 aliphatic heterocycles. The van der Waals surface area contributed by atoms with Gasteiger partial charge >= 0.3 is 0 Å². The summed E-state index contributed by atoms with van der Waals surface area (Å²) >= 11 is 0. The summed E-state index contributed by atoms with van der Waals surface area (Å²) in [5.41, 5.74) is 0.961. The highest BCUT2D eigenvalue weighted by molar-refractivity contribution is 7.91. The first kappa shape index (κ1) is 15.1. The van der Waals surface area contributed by atoms with E-state index in [0.717, 1.165) is 5.56 Å². The largest absolute Gasteiger partial charge is 0.395 e. The van der Waals surface area contributed by atoms with Gasteiger partial charge in [-0.2, -0.15) is 0 Å². The SMILES string of the molecule is O=S(=O)(CCO)CC(O)COCc1ccccc1. The molecule has 0 heterocycles. The van der Waals surface area contributed by atoms with Crippen molar-refractivity contribution in [1.82, 2.24) is 0 Å². The summed E-state index contributed by atoms with van der Waals surface area (Å²) in [5.74, 6) is -0.717. The fourth-order valence-electron chi connectivity index (χ4n) is 1.45. The van der Waals surface area contributed by atoms with Crippen molar-refractivity contribution < 1.29 is 23.4 Å². The molecule has 0 bridgehead atoms. The van der Waals surface area contributed by atoms with Crippen molar-refractivity contribution >= 4 is 9.84 Å². The molecule has 1 unspecified atom stereocenters. The van der Waals surface area contributed by atoms with Crippen molar-refractivity contribution in [3.63, 3.8) is 0 Å². The molecule has 1 atom stereocenters. The Hall–Kier alpha value is -0.950. The van der Waals surface area contributed by atoms with E-state index in [0.29, 0.717) is 6.61 Å². The second-order valence-corrected chi connectivity index (χ2v) is 6.22. The zero-order valence-corrected chi connectivity index (χ0v) is 10.8. The van der Waals surface area contributed by atoms with E-state index in [1.54, 1.807) is 0 Å². The molecule has 0 aliphatic carbocycles. The molecule has 0 saturated heterocycles. The van der Waals surface area contributed by atoms with Gasteiger partial charge in [0, 0.05) is 0 Å². The first-order chi connectivity index (χ1) is 8.53. The molecule has 2 N–H and O–H groups in total. The second-order valence-electron chi connectivity index (χ2n) is 3.99. The molecule has 0 fully saturated rings. The van der Waals surface area contributed by atoms with Crippen molar-refractivity contribution in [3.05, 3.63) is 35.9 Å². The molecular weight excluding hydrogens is 256 g/mol. The van der Waals surface area contributed by atoms with Gasteiger partial charge in [-0.1, -0.05) is 30.3 Å². The van der Waals surface area contributed by atoms with Gasteiger partial charge in [0.1, 0.15) is 0 Å². The van der Waals surface area contributed by atoms with E-state index in [-0.39, 0.29) is 18.1 Å². The molecule has 6 heteroatoms. The maximum absolute atomic E-state index is 11.3. The van der Waals surface area contributed by atoms with Crippen LogP contribution in [0.1, 0.15) is 5.56 Å². The molecule has 1 aromatic rings. The quantitative estimate of drug-likeness (QED) is 0.695. The third-order valence-corrected chi connectivity index (χ3v) is 3.97. The molecule has 18 heavy (non-hydrogen) atoms. The molecule has 0 aliphatic rings. The van der Waals surface area contributed by atoms with Gasteiger partial charge in [-0.15, -0.1) is 0 Å². The van der Waals surface area contributed by atoms with Crippen LogP contribution in [0, 0.1) is 0 Å². The minimum atomic E-state index is -3.41. The van der Waals surface area contributed by atoms with E-state index in [1.807, 2.05) is 30.3 Å². The Morgan fingerprint density at radius 1 is 1.22 bits per heavy atom. The average Bonchev–Trinajstić information content (AvgIpc) is 2.29. The predicted octanol–water partition coefficient (Wildman–Crippen LogP) is -0.0288. The Labute approximate surface area is 107 Å². The third-order valence-electron chi connectivity index (χ3n) is 2.27. The highest BCUT2D eigenvalue weighted by Gasteiger charge is 2.16. The number of hydrogen-bond donors (Lipinski definition) is 2. The number of aliphatic hydroxyl groups is 2. The van der Waals surface area contributed by atoms with Gasteiger partial charge in [-0.3, -0.25) is 0 Å². The van der Waals surface area contributed by atoms with Crippen LogP contribution in [0.25, 0.3) is 0 Å². The van der Waals surface area contributed by atoms with Crippen LogP contribution < -0.4 is 0 Å². The fourth-order valence-corrected chi connectivity index (χ4v) is 2.58. The van der Waals surface area contributed by atoms with Crippen LogP contribution in [0.3, 0.4) is 0 Å². The zero-order chi connectivity index (χ0) is 13.4. The van der Waals surface area contributed by atoms with Crippen molar-refractivity contribution in [2.75, 3.05) is 24.7 Å². The third kappa shape index (κ3) is 6.11. The predicted molar refractivity (Wildman–Crippen MR) is 67.8 cm³/mol. The van der Waals surface area contributed by atoms with E-state index >= 15 is 0 Å². The second kappa shape index (κ2) is 7.48. The topological polar surface area (TPSA) is 83.8 Å². The smallest absolute Gasteiger partial charge is 0.155 e. The highest BCUT2D eigenvalue weighted by atomic mass is 32.2. The van der Waals surface area contributed by atoms with Crippen LogP contribution in [0.5, 0.6) is 0 Å². The van der Waals surface area contributed by atoms with E-state index in [2.05, 4.69) is 0 Å². The van der Waals surface area contributed by atoms with Gasteiger partial charge in [0.25, 0.3) is 0 Å². The summed E-state index contributed by atoms with van der Waals surface area (Å²) in [6, 6.07) is 9.41. The normalized spacial score (nSPS) is 13.4. The maximum atomic E-state index is 11.3. The monoisotopic (exact) mass is 274 g/mol. The lowest BCUT2D eigenvalue weighted by Gasteiger charge is -2.11. The summed E-state index contributed by atoms with van der Waals surface area (Å²) in [7, 11) is -3.41. The van der Waals surface area contributed by atoms with Crippen molar-refractivity contribution in [1.29, 1.82) is 0 Å². The first-order valence-corrected chi connectivity index (χ1v) is 7.46. The van der Waals surface area contributed by atoms with E-state index in [1.165, 1.54) is 0 Å². The fraction of sp³-hybridized carbons (Fsp3) is 0.500. The van der Waals surface area contributed by atoms with Crippen LogP contribution >= 0.6 is 0 Å². The Kier molecular flexibility index (Phi) is 6.28. The number of ether oxygens (including phenoxy) is 1. The van der Waals surface area contributed by atoms with E-state index < -0.39 is 22.5 Å². The van der Waals surface area contributed by atoms with Crippen molar-refractivity contribution in [3.8, 4) is 0 Å². The Bertz CT molecular complexity index is 429. The summed E-state index contributed by atoms with van der Waals surface area (Å²) in [5, 5.41) is 18.1. The number of rotatable bonds is 8. The van der Waals surface area contributed by atoms with E-state index in [9.17, 15) is 13.5 Å². The minimum absolute atomic E-state index is 0.0421. The van der Waals surface area contributed by atoms with Crippen LogP contribution in [0.2, 0.25) is 0 Å². The first-order valence-electron chi connectivity index (χ1n) is 5.64. The van der Waals surface area contributed by atoms with Crippen LogP contribution in [0.4, 0.5) is 0 Å². The molecule has 5 nitrogen and oxygen atoms in total. The molecule has 1 rings (SSSR count). The number of sulfone groups is 1. The summed E-state index contributed by atoms with van der Waals surface area (Å²) in [6.45, 7) is -0.141. The summed E-state index contributed by atoms with van der Waals surface area (Å²) in [4.78, 5) is 0. The molecule has 0 spiro atoms. The Morgan fingerprint density at radius 3 is 2.50 bits per heavy atom. The average molecular weight is 274 g/mol. The van der Waals surface area contributed by atoms with Crippen molar-refractivity contribution in [2.24, 2.45) is 0 Å². The summed E-state index contributed by atoms with van der Waals surface area (Å²) in [6.07, 6.45) is -1.06. The van der Waals surface area contributed by atoms with Gasteiger partial charge in [0.05, 0.1) is 37.4 Å². The standard InChI is InChI=1S/C12H18O5S/c13-6-7-18(15,16)10-12(14)9-17-8-11-4-2-1-3-5-11/h1-5,12-14H,6-10H2.